The van der Waals surface area contributed by atoms with E-state index in [0.29, 0.717) is 0 Å². The van der Waals surface area contributed by atoms with Gasteiger partial charge in [0.2, 0.25) is 0 Å². The largest absolute Gasteiger partial charge is 0.338 e. The molecule has 0 amide bonds. The van der Waals surface area contributed by atoms with Crippen molar-refractivity contribution in [2.45, 2.75) is 0 Å². The van der Waals surface area contributed by atoms with Crippen LogP contribution in [0.25, 0.3) is 99.6 Å². The Labute approximate surface area is 345 Å². The predicted octanol–water partition coefficient (Wildman–Crippen LogP) is 13.3. The van der Waals surface area contributed by atoms with Crippen LogP contribution in [0.5, 0.6) is 0 Å². The van der Waals surface area contributed by atoms with Gasteiger partial charge in [-0.05, 0) is 107 Å². The lowest BCUT2D eigenvalue weighted by molar-refractivity contribution is 0.931. The van der Waals surface area contributed by atoms with Crippen molar-refractivity contribution in [1.29, 1.82) is 0 Å². The van der Waals surface area contributed by atoms with Crippen LogP contribution in [-0.4, -0.2) is 18.3 Å². The van der Waals surface area contributed by atoms with Crippen LogP contribution in [0.3, 0.4) is 0 Å². The van der Waals surface area contributed by atoms with Gasteiger partial charge in [-0.2, -0.15) is 0 Å². The molecule has 3 heterocycles. The van der Waals surface area contributed by atoms with Crippen LogP contribution in [-0.2, 0) is 0 Å². The zero-order chi connectivity index (χ0) is 39.7. The maximum Gasteiger partial charge on any atom is 0.338 e. The first kappa shape index (κ1) is 33.9. The minimum atomic E-state index is -0.117. The molecule has 0 N–H and O–H groups in total. The summed E-state index contributed by atoms with van der Waals surface area (Å²) in [5.74, 6) is 0. The Kier molecular flexibility index (Phi) is 7.62. The van der Waals surface area contributed by atoms with E-state index in [-0.39, 0.29) is 5.69 Å². The van der Waals surface area contributed by atoms with Gasteiger partial charge in [0.05, 0.1) is 44.5 Å². The van der Waals surface area contributed by atoms with E-state index in [2.05, 4.69) is 179 Å². The molecule has 0 fully saturated rings. The van der Waals surface area contributed by atoms with Crippen LogP contribution in [0.4, 0.5) is 0 Å². The van der Waals surface area contributed by atoms with Crippen LogP contribution >= 0.6 is 0 Å². The summed E-state index contributed by atoms with van der Waals surface area (Å²) >= 11 is 0. The molecule has 0 aliphatic carbocycles. The topological polar surface area (TPSA) is 36.8 Å². The Balaban J connectivity index is 0.900. The Morgan fingerprint density at radius 2 is 0.550 bits per heavy atom. The lowest BCUT2D eigenvalue weighted by Gasteiger charge is -2.11. The minimum absolute atomic E-state index is 0.117. The predicted molar refractivity (Wildman–Crippen MR) is 248 cm³/mol. The molecule has 0 saturated heterocycles. The molecule has 5 heteroatoms. The van der Waals surface area contributed by atoms with Crippen molar-refractivity contribution < 1.29 is 0 Å². The summed E-state index contributed by atoms with van der Waals surface area (Å²) in [7, 11) is 0. The van der Waals surface area contributed by atoms with Crippen molar-refractivity contribution in [1.82, 2.24) is 18.3 Å². The van der Waals surface area contributed by atoms with Crippen LogP contribution in [0.2, 0.25) is 0 Å². The Hall–Kier alpha value is -8.15. The summed E-state index contributed by atoms with van der Waals surface area (Å²) in [4.78, 5) is 14.7. The molecule has 0 aliphatic rings. The highest BCUT2D eigenvalue weighted by molar-refractivity contribution is 6.10. The van der Waals surface area contributed by atoms with Crippen molar-refractivity contribution >= 4 is 54.6 Å². The van der Waals surface area contributed by atoms with E-state index < -0.39 is 0 Å². The second-order valence-corrected chi connectivity index (χ2v) is 15.4. The number of para-hydroxylation sites is 6. The highest BCUT2D eigenvalue weighted by Gasteiger charge is 2.18. The van der Waals surface area contributed by atoms with E-state index in [9.17, 15) is 4.79 Å². The molecule has 12 aromatic rings. The van der Waals surface area contributed by atoms with Crippen molar-refractivity contribution in [3.8, 4) is 45.0 Å². The van der Waals surface area contributed by atoms with Gasteiger partial charge in [0.25, 0.3) is 0 Å². The van der Waals surface area contributed by atoms with E-state index in [1.54, 1.807) is 0 Å². The summed E-state index contributed by atoms with van der Waals surface area (Å²) in [5.41, 5.74) is 14.4. The minimum Gasteiger partial charge on any atom is -0.309 e. The third-order valence-electron chi connectivity index (χ3n) is 12.0. The number of imidazole rings is 1. The fourth-order valence-corrected chi connectivity index (χ4v) is 9.30. The van der Waals surface area contributed by atoms with E-state index in [1.165, 1.54) is 43.6 Å². The number of hydrogen-bond donors (Lipinski definition) is 0. The molecule has 0 saturated carbocycles. The van der Waals surface area contributed by atoms with Crippen LogP contribution < -0.4 is 5.69 Å². The number of benzene rings is 9. The normalized spacial score (nSPS) is 11.7. The van der Waals surface area contributed by atoms with Crippen LogP contribution in [0.1, 0.15) is 0 Å². The second-order valence-electron chi connectivity index (χ2n) is 15.4. The fraction of sp³-hybridized carbons (Fsp3) is 0. The zero-order valence-electron chi connectivity index (χ0n) is 32.5. The van der Waals surface area contributed by atoms with Gasteiger partial charge in [0, 0.05) is 32.9 Å². The molecule has 5 nitrogen and oxygen atoms in total. The molecule has 0 atom stereocenters. The van der Waals surface area contributed by atoms with Crippen LogP contribution in [0.15, 0.2) is 223 Å². The maximum atomic E-state index is 14.7. The number of nitrogens with zero attached hydrogens (tertiary/aromatic N) is 4. The third kappa shape index (κ3) is 5.23. The summed E-state index contributed by atoms with van der Waals surface area (Å²) in [6.45, 7) is 0. The highest BCUT2D eigenvalue weighted by atomic mass is 16.1. The van der Waals surface area contributed by atoms with Crippen molar-refractivity contribution in [2.75, 3.05) is 0 Å². The molecule has 0 spiro atoms. The highest BCUT2D eigenvalue weighted by Crippen LogP contribution is 2.35. The Bertz CT molecular complexity index is 3330. The van der Waals surface area contributed by atoms with Crippen molar-refractivity contribution in [3.63, 3.8) is 0 Å². The molecule has 3 aromatic heterocycles. The van der Waals surface area contributed by atoms with Crippen molar-refractivity contribution in [3.05, 3.63) is 229 Å². The molecule has 12 rings (SSSR count). The number of aromatic nitrogens is 4. The van der Waals surface area contributed by atoms with Gasteiger partial charge in [-0.15, -0.1) is 0 Å². The lowest BCUT2D eigenvalue weighted by Crippen LogP contribution is -2.22. The van der Waals surface area contributed by atoms with Crippen molar-refractivity contribution in [2.24, 2.45) is 0 Å². The van der Waals surface area contributed by atoms with Crippen LogP contribution in [0, 0.1) is 0 Å². The van der Waals surface area contributed by atoms with Gasteiger partial charge < -0.3 is 9.13 Å². The molecule has 0 radical (unpaired) electrons. The lowest BCUT2D eigenvalue weighted by atomic mass is 10.0. The third-order valence-corrected chi connectivity index (χ3v) is 12.0. The quantitative estimate of drug-likeness (QED) is 0.166. The average molecular weight is 769 g/mol. The maximum absolute atomic E-state index is 14.7. The molecular formula is C55H36N4O. The Morgan fingerprint density at radius 3 is 0.900 bits per heavy atom. The monoisotopic (exact) mass is 768 g/mol. The first-order chi connectivity index (χ1) is 29.7. The molecule has 0 unspecified atom stereocenters. The molecular weight excluding hydrogens is 733 g/mol. The summed E-state index contributed by atoms with van der Waals surface area (Å²) in [5, 5.41) is 4.97. The standard InChI is InChI=1S/C55H36N4O/c60-55-58(43-15-11-13-39(35-43)37-27-31-41(32-28-37)56-49-21-5-1-17-45(49)46-18-2-6-22-50(46)56)53-25-9-10-26-54(53)59(55)44-16-12-14-40(36-44)38-29-33-42(34-30-38)57-51-23-7-3-19-47(51)48-20-4-8-24-52(48)57/h1-36H. The summed E-state index contributed by atoms with van der Waals surface area (Å²) < 4.78 is 8.32. The van der Waals surface area contributed by atoms with Gasteiger partial charge in [-0.25, -0.2) is 4.79 Å². The van der Waals surface area contributed by atoms with E-state index >= 15 is 0 Å². The second kappa shape index (κ2) is 13.5. The molecule has 0 aliphatic heterocycles. The molecule has 9 aromatic carbocycles. The Morgan fingerprint density at radius 1 is 0.233 bits per heavy atom. The van der Waals surface area contributed by atoms with Gasteiger partial charge in [-0.3, -0.25) is 9.13 Å². The molecule has 0 bridgehead atoms. The summed E-state index contributed by atoms with van der Waals surface area (Å²) in [6, 6.07) is 76.3. The SMILES string of the molecule is O=c1n(-c2cccc(-c3ccc(-n4c5ccccc5c5ccccc54)cc3)c2)c2ccccc2n1-c1cccc(-c2ccc(-n3c4ccccc4c4ccccc43)cc2)c1. The van der Waals surface area contributed by atoms with E-state index in [4.69, 9.17) is 0 Å². The zero-order valence-corrected chi connectivity index (χ0v) is 32.5. The number of rotatable bonds is 6. The summed E-state index contributed by atoms with van der Waals surface area (Å²) in [6.07, 6.45) is 0. The van der Waals surface area contributed by atoms with E-state index in [0.717, 1.165) is 56.0 Å². The van der Waals surface area contributed by atoms with E-state index in [1.807, 2.05) is 57.7 Å². The molecule has 60 heavy (non-hydrogen) atoms. The fourth-order valence-electron chi connectivity index (χ4n) is 9.30. The molecule has 282 valence electrons. The smallest absolute Gasteiger partial charge is 0.309 e. The number of hydrogen-bond acceptors (Lipinski definition) is 1. The van der Waals surface area contributed by atoms with Gasteiger partial charge in [0.1, 0.15) is 0 Å². The van der Waals surface area contributed by atoms with Gasteiger partial charge in [0.15, 0.2) is 0 Å². The number of fused-ring (bicyclic) bond motifs is 7. The first-order valence-corrected chi connectivity index (χ1v) is 20.3. The van der Waals surface area contributed by atoms with Gasteiger partial charge in [-0.1, -0.05) is 133 Å². The first-order valence-electron chi connectivity index (χ1n) is 20.3. The average Bonchev–Trinajstić information content (AvgIpc) is 3.94. The van der Waals surface area contributed by atoms with Gasteiger partial charge >= 0.3 is 5.69 Å².